The molecule has 0 aromatic heterocycles. The summed E-state index contributed by atoms with van der Waals surface area (Å²) in [7, 11) is 1.41. The van der Waals surface area contributed by atoms with Crippen molar-refractivity contribution in [1.29, 1.82) is 0 Å². The lowest BCUT2D eigenvalue weighted by atomic mass is 9.90. The van der Waals surface area contributed by atoms with Crippen LogP contribution in [0.5, 0.6) is 0 Å². The molecule has 4 rings (SSSR count). The van der Waals surface area contributed by atoms with E-state index in [4.69, 9.17) is 4.74 Å². The van der Waals surface area contributed by atoms with Crippen molar-refractivity contribution in [3.05, 3.63) is 70.8 Å². The van der Waals surface area contributed by atoms with Crippen molar-refractivity contribution in [2.75, 3.05) is 26.7 Å². The number of fused-ring (bicyclic) bond motifs is 1. The van der Waals surface area contributed by atoms with Crippen molar-refractivity contribution in [3.8, 4) is 0 Å². The highest BCUT2D eigenvalue weighted by Crippen LogP contribution is 2.36. The van der Waals surface area contributed by atoms with E-state index in [0.29, 0.717) is 5.56 Å². The molecule has 28 heavy (non-hydrogen) atoms. The molecule has 1 N–H and O–H groups in total. The summed E-state index contributed by atoms with van der Waals surface area (Å²) in [5.74, 6) is -0.285. The number of ether oxygens (including phenoxy) is 1. The monoisotopic (exact) mass is 378 g/mol. The molecule has 4 nitrogen and oxygen atoms in total. The van der Waals surface area contributed by atoms with E-state index in [1.165, 1.54) is 56.2 Å². The van der Waals surface area contributed by atoms with Gasteiger partial charge in [-0.15, -0.1) is 0 Å². The number of benzene rings is 2. The molecule has 1 saturated heterocycles. The van der Waals surface area contributed by atoms with Crippen LogP contribution in [0, 0.1) is 0 Å². The van der Waals surface area contributed by atoms with E-state index in [-0.39, 0.29) is 11.5 Å². The minimum Gasteiger partial charge on any atom is -0.465 e. The quantitative estimate of drug-likeness (QED) is 0.780. The van der Waals surface area contributed by atoms with E-state index < -0.39 is 0 Å². The van der Waals surface area contributed by atoms with E-state index >= 15 is 0 Å². The van der Waals surface area contributed by atoms with Crippen LogP contribution >= 0.6 is 0 Å². The van der Waals surface area contributed by atoms with Gasteiger partial charge in [-0.05, 0) is 67.6 Å². The topological polar surface area (TPSA) is 41.6 Å². The van der Waals surface area contributed by atoms with Crippen LogP contribution in [-0.4, -0.2) is 43.2 Å². The highest BCUT2D eigenvalue weighted by molar-refractivity contribution is 5.89. The van der Waals surface area contributed by atoms with Gasteiger partial charge in [0.15, 0.2) is 0 Å². The Balaban J connectivity index is 1.43. The van der Waals surface area contributed by atoms with Crippen molar-refractivity contribution in [1.82, 2.24) is 10.2 Å². The number of nitrogens with one attached hydrogen (secondary N) is 1. The zero-order chi connectivity index (χ0) is 19.4. The predicted octanol–water partition coefficient (Wildman–Crippen LogP) is 3.59. The van der Waals surface area contributed by atoms with Crippen molar-refractivity contribution in [2.45, 2.75) is 44.2 Å². The summed E-state index contributed by atoms with van der Waals surface area (Å²) in [6, 6.07) is 16.6. The molecule has 0 spiro atoms. The number of piperidine rings is 1. The molecule has 1 aliphatic carbocycles. The van der Waals surface area contributed by atoms with Gasteiger partial charge in [0.25, 0.3) is 0 Å². The lowest BCUT2D eigenvalue weighted by molar-refractivity contribution is 0.0600. The van der Waals surface area contributed by atoms with E-state index in [1.807, 2.05) is 24.3 Å². The number of rotatable bonds is 6. The largest absolute Gasteiger partial charge is 0.465 e. The fourth-order valence-corrected chi connectivity index (χ4v) is 4.82. The molecule has 0 radical (unpaired) electrons. The van der Waals surface area contributed by atoms with Crippen LogP contribution in [0.3, 0.4) is 0 Å². The van der Waals surface area contributed by atoms with Crippen molar-refractivity contribution >= 4 is 5.97 Å². The van der Waals surface area contributed by atoms with Gasteiger partial charge in [0.05, 0.1) is 12.7 Å². The number of carbonyl (C=O) groups is 1. The van der Waals surface area contributed by atoms with Gasteiger partial charge in [0, 0.05) is 18.6 Å². The third-order valence-electron chi connectivity index (χ3n) is 6.34. The van der Waals surface area contributed by atoms with Crippen molar-refractivity contribution in [2.24, 2.45) is 0 Å². The van der Waals surface area contributed by atoms with Crippen LogP contribution in [0.1, 0.15) is 46.3 Å². The summed E-state index contributed by atoms with van der Waals surface area (Å²) in [6.45, 7) is 4.22. The van der Waals surface area contributed by atoms with Gasteiger partial charge in [-0.25, -0.2) is 4.79 Å². The van der Waals surface area contributed by atoms with Crippen LogP contribution in [0.15, 0.2) is 48.5 Å². The number of hydrogen-bond acceptors (Lipinski definition) is 4. The first kappa shape index (κ1) is 19.2. The summed E-state index contributed by atoms with van der Waals surface area (Å²) in [5, 5.41) is 3.72. The Morgan fingerprint density at radius 2 is 1.64 bits per heavy atom. The standard InChI is InChI=1S/C24H30N2O2/c1-28-23(27)20-11-9-19(10-12-20)17-25-18-24(26-13-5-2-6-14-26)15-21-7-3-4-8-22(21)16-24/h3-4,7-12,25H,2,5-6,13-18H2,1H3. The normalized spacial score (nSPS) is 18.6. The molecule has 1 heterocycles. The maximum absolute atomic E-state index is 11.6. The third kappa shape index (κ3) is 3.98. The number of likely N-dealkylation sites (tertiary alicyclic amines) is 1. The fourth-order valence-electron chi connectivity index (χ4n) is 4.82. The van der Waals surface area contributed by atoms with Crippen LogP contribution < -0.4 is 5.32 Å². The number of methoxy groups -OCH3 is 1. The summed E-state index contributed by atoms with van der Waals surface area (Å²) in [4.78, 5) is 14.3. The first-order valence-electron chi connectivity index (χ1n) is 10.4. The molecule has 4 heteroatoms. The number of esters is 1. The second-order valence-corrected chi connectivity index (χ2v) is 8.19. The Labute approximate surface area is 167 Å². The fraction of sp³-hybridized carbons (Fsp3) is 0.458. The lowest BCUT2D eigenvalue weighted by Gasteiger charge is -2.44. The summed E-state index contributed by atoms with van der Waals surface area (Å²) < 4.78 is 4.78. The van der Waals surface area contributed by atoms with Gasteiger partial charge < -0.3 is 10.1 Å². The van der Waals surface area contributed by atoms with Gasteiger partial charge in [-0.3, -0.25) is 4.90 Å². The third-order valence-corrected chi connectivity index (χ3v) is 6.34. The molecule has 2 aliphatic rings. The van der Waals surface area contributed by atoms with Crippen molar-refractivity contribution in [3.63, 3.8) is 0 Å². The Kier molecular flexibility index (Phi) is 5.79. The van der Waals surface area contributed by atoms with Crippen LogP contribution in [0.2, 0.25) is 0 Å². The summed E-state index contributed by atoms with van der Waals surface area (Å²) in [5.41, 5.74) is 5.00. The minimum atomic E-state index is -0.285. The Bertz CT molecular complexity index is 785. The van der Waals surface area contributed by atoms with E-state index in [9.17, 15) is 4.79 Å². The first-order valence-corrected chi connectivity index (χ1v) is 10.4. The molecule has 2 aromatic carbocycles. The Morgan fingerprint density at radius 1 is 1.00 bits per heavy atom. The average Bonchev–Trinajstić information content (AvgIpc) is 3.14. The van der Waals surface area contributed by atoms with Crippen LogP contribution in [-0.2, 0) is 24.1 Å². The second-order valence-electron chi connectivity index (χ2n) is 8.19. The number of carbonyl (C=O) groups excluding carboxylic acids is 1. The molecule has 0 unspecified atom stereocenters. The molecular formula is C24H30N2O2. The van der Waals surface area contributed by atoms with E-state index in [1.54, 1.807) is 0 Å². The molecule has 0 bridgehead atoms. The first-order chi connectivity index (χ1) is 13.7. The zero-order valence-corrected chi connectivity index (χ0v) is 16.7. The Hall–Kier alpha value is -2.17. The SMILES string of the molecule is COC(=O)c1ccc(CNCC2(N3CCCCC3)Cc3ccccc3C2)cc1. The van der Waals surface area contributed by atoms with E-state index in [2.05, 4.69) is 34.5 Å². The van der Waals surface area contributed by atoms with Gasteiger partial charge in [-0.1, -0.05) is 42.8 Å². The predicted molar refractivity (Wildman–Crippen MR) is 111 cm³/mol. The van der Waals surface area contributed by atoms with Gasteiger partial charge in [0.2, 0.25) is 0 Å². The molecular weight excluding hydrogens is 348 g/mol. The molecule has 0 atom stereocenters. The molecule has 0 saturated carbocycles. The van der Waals surface area contributed by atoms with Gasteiger partial charge in [-0.2, -0.15) is 0 Å². The molecule has 1 aliphatic heterocycles. The molecule has 0 amide bonds. The molecule has 148 valence electrons. The van der Waals surface area contributed by atoms with Gasteiger partial charge >= 0.3 is 5.97 Å². The lowest BCUT2D eigenvalue weighted by Crippen LogP contribution is -2.57. The minimum absolute atomic E-state index is 0.191. The smallest absolute Gasteiger partial charge is 0.337 e. The zero-order valence-electron chi connectivity index (χ0n) is 16.7. The van der Waals surface area contributed by atoms with Crippen LogP contribution in [0.25, 0.3) is 0 Å². The van der Waals surface area contributed by atoms with Crippen LogP contribution in [0.4, 0.5) is 0 Å². The summed E-state index contributed by atoms with van der Waals surface area (Å²) >= 11 is 0. The molecule has 1 fully saturated rings. The van der Waals surface area contributed by atoms with Crippen molar-refractivity contribution < 1.29 is 9.53 Å². The van der Waals surface area contributed by atoms with Gasteiger partial charge in [0.1, 0.15) is 0 Å². The highest BCUT2D eigenvalue weighted by atomic mass is 16.5. The van der Waals surface area contributed by atoms with E-state index in [0.717, 1.165) is 25.9 Å². The Morgan fingerprint density at radius 3 is 2.25 bits per heavy atom. The average molecular weight is 379 g/mol. The maximum Gasteiger partial charge on any atom is 0.337 e. The maximum atomic E-state index is 11.6. The second kappa shape index (κ2) is 8.46. The number of hydrogen-bond donors (Lipinski definition) is 1. The summed E-state index contributed by atoms with van der Waals surface area (Å²) in [6.07, 6.45) is 6.26. The highest BCUT2D eigenvalue weighted by Gasteiger charge is 2.42. The molecule has 2 aromatic rings. The number of nitrogens with zero attached hydrogens (tertiary/aromatic N) is 1.